The van der Waals surface area contributed by atoms with Crippen molar-refractivity contribution >= 4 is 32.2 Å². The molecule has 7 heteroatoms. The van der Waals surface area contributed by atoms with Crippen LogP contribution < -0.4 is 10.5 Å². The summed E-state index contributed by atoms with van der Waals surface area (Å²) >= 11 is 1.21. The van der Waals surface area contributed by atoms with Gasteiger partial charge < -0.3 is 5.73 Å². The second-order valence-corrected chi connectivity index (χ2v) is 5.95. The fraction of sp³-hybridized carbons (Fsp3) is 0.100. The Hall–Kier alpha value is -1.60. The van der Waals surface area contributed by atoms with E-state index in [1.807, 2.05) is 0 Å². The molecule has 0 saturated carbocycles. The van der Waals surface area contributed by atoms with Gasteiger partial charge in [0, 0.05) is 11.6 Å². The second-order valence-electron chi connectivity index (χ2n) is 3.44. The highest BCUT2D eigenvalue weighted by Crippen LogP contribution is 2.25. The maximum absolute atomic E-state index is 12.1. The highest BCUT2D eigenvalue weighted by molar-refractivity contribution is 7.93. The molecule has 0 aliphatic rings. The molecular weight excluding hydrogens is 258 g/mol. The number of aromatic nitrogens is 1. The number of nitrogens with one attached hydrogen (secondary N) is 1. The van der Waals surface area contributed by atoms with E-state index in [1.165, 1.54) is 17.5 Å². The largest absolute Gasteiger partial charge is 0.398 e. The van der Waals surface area contributed by atoms with Crippen LogP contribution in [0.25, 0.3) is 0 Å². The third-order valence-corrected chi connectivity index (χ3v) is 4.54. The molecular formula is C10H11N3O2S2. The molecule has 0 aliphatic carbocycles. The maximum atomic E-state index is 12.1. The van der Waals surface area contributed by atoms with Crippen LogP contribution in [0.5, 0.6) is 0 Å². The quantitative estimate of drug-likeness (QED) is 0.832. The predicted molar refractivity (Wildman–Crippen MR) is 68.5 cm³/mol. The van der Waals surface area contributed by atoms with Crippen molar-refractivity contribution in [1.29, 1.82) is 0 Å². The van der Waals surface area contributed by atoms with Crippen molar-refractivity contribution in [1.82, 2.24) is 4.98 Å². The van der Waals surface area contributed by atoms with Gasteiger partial charge in [0.15, 0.2) is 5.13 Å². The summed E-state index contributed by atoms with van der Waals surface area (Å²) in [5, 5.41) is 2.02. The number of aryl methyl sites for hydroxylation is 1. The molecule has 90 valence electrons. The Balaban J connectivity index is 2.45. The molecule has 0 saturated heterocycles. The molecule has 2 aromatic rings. The van der Waals surface area contributed by atoms with Crippen LogP contribution in [0.2, 0.25) is 0 Å². The fourth-order valence-electron chi connectivity index (χ4n) is 1.48. The van der Waals surface area contributed by atoms with Gasteiger partial charge in [-0.25, -0.2) is 13.4 Å². The average Bonchev–Trinajstić information content (AvgIpc) is 2.68. The van der Waals surface area contributed by atoms with Gasteiger partial charge in [-0.15, -0.1) is 11.3 Å². The van der Waals surface area contributed by atoms with Crippen LogP contribution in [0.1, 0.15) is 5.56 Å². The van der Waals surface area contributed by atoms with Gasteiger partial charge in [0.1, 0.15) is 4.90 Å². The van der Waals surface area contributed by atoms with Crippen molar-refractivity contribution in [3.05, 3.63) is 35.3 Å². The average molecular weight is 269 g/mol. The van der Waals surface area contributed by atoms with Gasteiger partial charge in [0.25, 0.3) is 10.0 Å². The van der Waals surface area contributed by atoms with Crippen LogP contribution in [0.15, 0.2) is 34.7 Å². The molecule has 1 heterocycles. The zero-order chi connectivity index (χ0) is 12.5. The van der Waals surface area contributed by atoms with Crippen LogP contribution in [-0.4, -0.2) is 13.4 Å². The Morgan fingerprint density at radius 2 is 2.18 bits per heavy atom. The van der Waals surface area contributed by atoms with Crippen LogP contribution in [0.4, 0.5) is 10.8 Å². The molecule has 0 spiro atoms. The van der Waals surface area contributed by atoms with Gasteiger partial charge in [0.05, 0.1) is 5.69 Å². The monoisotopic (exact) mass is 269 g/mol. The van der Waals surface area contributed by atoms with E-state index in [-0.39, 0.29) is 10.6 Å². The lowest BCUT2D eigenvalue weighted by molar-refractivity contribution is 0.601. The van der Waals surface area contributed by atoms with Gasteiger partial charge in [-0.3, -0.25) is 4.72 Å². The summed E-state index contributed by atoms with van der Waals surface area (Å²) in [4.78, 5) is 3.98. The highest BCUT2D eigenvalue weighted by Gasteiger charge is 2.20. The number of hydrogen-bond donors (Lipinski definition) is 2. The summed E-state index contributed by atoms with van der Waals surface area (Å²) in [5.41, 5.74) is 6.54. The van der Waals surface area contributed by atoms with E-state index in [1.54, 1.807) is 30.5 Å². The number of anilines is 2. The Kier molecular flexibility index (Phi) is 3.03. The number of hydrogen-bond acceptors (Lipinski definition) is 5. The van der Waals surface area contributed by atoms with Crippen molar-refractivity contribution in [3.8, 4) is 0 Å². The predicted octanol–water partition coefficient (Wildman–Crippen LogP) is 1.83. The minimum Gasteiger partial charge on any atom is -0.398 e. The minimum absolute atomic E-state index is 0.107. The Labute approximate surface area is 103 Å². The molecule has 2 rings (SSSR count). The molecule has 1 aromatic carbocycles. The van der Waals surface area contributed by atoms with E-state index in [4.69, 9.17) is 5.73 Å². The smallest absolute Gasteiger partial charge is 0.265 e. The summed E-state index contributed by atoms with van der Waals surface area (Å²) in [6.07, 6.45) is 1.53. The molecule has 0 aliphatic heterocycles. The lowest BCUT2D eigenvalue weighted by Gasteiger charge is -2.10. The van der Waals surface area contributed by atoms with Crippen LogP contribution in [-0.2, 0) is 10.0 Å². The molecule has 17 heavy (non-hydrogen) atoms. The highest BCUT2D eigenvalue weighted by atomic mass is 32.2. The lowest BCUT2D eigenvalue weighted by Crippen LogP contribution is -2.16. The van der Waals surface area contributed by atoms with Gasteiger partial charge in [0.2, 0.25) is 0 Å². The standard InChI is InChI=1S/C10H11N3O2S2/c1-7-3-2-4-8(11)9(7)17(14,15)13-10-12-5-6-16-10/h2-6H,11H2,1H3,(H,12,13). The molecule has 0 fully saturated rings. The SMILES string of the molecule is Cc1cccc(N)c1S(=O)(=O)Nc1nccs1. The molecule has 3 N–H and O–H groups in total. The molecule has 0 amide bonds. The van der Waals surface area contributed by atoms with Crippen LogP contribution >= 0.6 is 11.3 Å². The topological polar surface area (TPSA) is 85.1 Å². The number of nitrogens with zero attached hydrogens (tertiary/aromatic N) is 1. The summed E-state index contributed by atoms with van der Waals surface area (Å²) in [6.45, 7) is 1.70. The van der Waals surface area contributed by atoms with E-state index < -0.39 is 10.0 Å². The first-order valence-electron chi connectivity index (χ1n) is 4.78. The molecule has 0 unspecified atom stereocenters. The van der Waals surface area contributed by atoms with Gasteiger partial charge in [-0.1, -0.05) is 12.1 Å². The van der Waals surface area contributed by atoms with E-state index in [2.05, 4.69) is 9.71 Å². The third kappa shape index (κ3) is 2.40. The number of rotatable bonds is 3. The van der Waals surface area contributed by atoms with E-state index >= 15 is 0 Å². The number of nitrogen functional groups attached to an aromatic ring is 1. The number of benzene rings is 1. The molecule has 0 bridgehead atoms. The van der Waals surface area contributed by atoms with Gasteiger partial charge >= 0.3 is 0 Å². The zero-order valence-corrected chi connectivity index (χ0v) is 10.7. The Morgan fingerprint density at radius 1 is 1.41 bits per heavy atom. The van der Waals surface area contributed by atoms with Crippen molar-refractivity contribution in [3.63, 3.8) is 0 Å². The van der Waals surface area contributed by atoms with E-state index in [9.17, 15) is 8.42 Å². The van der Waals surface area contributed by atoms with E-state index in [0.717, 1.165) is 0 Å². The van der Waals surface area contributed by atoms with Crippen LogP contribution in [0, 0.1) is 6.92 Å². The van der Waals surface area contributed by atoms with Gasteiger partial charge in [-0.05, 0) is 18.6 Å². The third-order valence-electron chi connectivity index (χ3n) is 2.17. The minimum atomic E-state index is -3.67. The first-order valence-corrected chi connectivity index (χ1v) is 7.14. The first kappa shape index (κ1) is 11.9. The molecule has 0 atom stereocenters. The summed E-state index contributed by atoms with van der Waals surface area (Å²) in [7, 11) is -3.67. The number of nitrogens with two attached hydrogens (primary N) is 1. The van der Waals surface area contributed by atoms with Crippen LogP contribution in [0.3, 0.4) is 0 Å². The molecule has 5 nitrogen and oxygen atoms in total. The number of thiazole rings is 1. The Bertz CT molecular complexity index is 601. The fourth-order valence-corrected chi connectivity index (χ4v) is 3.63. The molecule has 1 aromatic heterocycles. The number of sulfonamides is 1. The second kappa shape index (κ2) is 4.34. The van der Waals surface area contributed by atoms with Gasteiger partial charge in [-0.2, -0.15) is 0 Å². The van der Waals surface area contributed by atoms with Crippen molar-refractivity contribution in [2.24, 2.45) is 0 Å². The normalized spacial score (nSPS) is 11.4. The summed E-state index contributed by atoms with van der Waals surface area (Å²) in [5.74, 6) is 0. The first-order chi connectivity index (χ1) is 8.00. The zero-order valence-electron chi connectivity index (χ0n) is 9.04. The summed E-state index contributed by atoms with van der Waals surface area (Å²) in [6, 6.07) is 4.98. The van der Waals surface area contributed by atoms with Crippen molar-refractivity contribution in [2.75, 3.05) is 10.5 Å². The maximum Gasteiger partial charge on any atom is 0.265 e. The van der Waals surface area contributed by atoms with Crippen molar-refractivity contribution < 1.29 is 8.42 Å². The summed E-state index contributed by atoms with van der Waals surface area (Å²) < 4.78 is 26.6. The molecule has 0 radical (unpaired) electrons. The van der Waals surface area contributed by atoms with Crippen molar-refractivity contribution in [2.45, 2.75) is 11.8 Å². The lowest BCUT2D eigenvalue weighted by atomic mass is 10.2. The Morgan fingerprint density at radius 3 is 2.76 bits per heavy atom. The van der Waals surface area contributed by atoms with E-state index in [0.29, 0.717) is 10.7 Å².